The van der Waals surface area contributed by atoms with Crippen LogP contribution in [0.15, 0.2) is 139 Å². The number of aryl methyl sites for hydroxylation is 1. The van der Waals surface area contributed by atoms with Gasteiger partial charge in [0.05, 0.1) is 5.02 Å². The van der Waals surface area contributed by atoms with Crippen molar-refractivity contribution >= 4 is 58.5 Å². The zero-order valence-electron chi connectivity index (χ0n) is 37.0. The van der Waals surface area contributed by atoms with E-state index in [4.69, 9.17) is 23.2 Å². The summed E-state index contributed by atoms with van der Waals surface area (Å²) in [7, 11) is 0. The largest absolute Gasteiger partial charge is 0.317 e. The molecule has 3 nitrogen and oxygen atoms in total. The molecule has 348 valence electrons. The maximum Gasteiger partial charge on any atom is 0.137 e. The third kappa shape index (κ3) is 14.0. The molecule has 6 aromatic carbocycles. The van der Waals surface area contributed by atoms with Crippen LogP contribution in [0.5, 0.6) is 0 Å². The summed E-state index contributed by atoms with van der Waals surface area (Å²) in [5.41, 5.74) is 6.10. The molecule has 0 bridgehead atoms. The van der Waals surface area contributed by atoms with E-state index < -0.39 is 0 Å². The molecular formula is C53H54Cl2F5N3S3. The van der Waals surface area contributed by atoms with Crippen LogP contribution >= 0.6 is 58.5 Å². The number of piperidine rings is 3. The molecule has 0 spiro atoms. The van der Waals surface area contributed by atoms with Crippen LogP contribution in [0.3, 0.4) is 0 Å². The fraction of sp³-hybridized carbons (Fsp3) is 0.321. The minimum absolute atomic E-state index is 0.148. The second-order valence-corrected chi connectivity index (χ2v) is 20.9. The lowest BCUT2D eigenvalue weighted by Crippen LogP contribution is -2.26. The number of benzene rings is 6. The van der Waals surface area contributed by atoms with Crippen LogP contribution in [0.2, 0.25) is 10.0 Å². The van der Waals surface area contributed by atoms with Crippen LogP contribution in [-0.4, -0.2) is 39.3 Å². The van der Waals surface area contributed by atoms with Crippen molar-refractivity contribution in [2.75, 3.05) is 39.3 Å². The van der Waals surface area contributed by atoms with E-state index in [1.165, 1.54) is 87.6 Å². The average Bonchev–Trinajstić information content (AvgIpc) is 3.31. The summed E-state index contributed by atoms with van der Waals surface area (Å²) in [6.45, 7) is 10.2. The molecule has 13 heteroatoms. The quantitative estimate of drug-likeness (QED) is 0.125. The highest BCUT2D eigenvalue weighted by Crippen LogP contribution is 2.42. The molecule has 3 saturated heterocycles. The smallest absolute Gasteiger partial charge is 0.137 e. The first-order valence-electron chi connectivity index (χ1n) is 22.4. The van der Waals surface area contributed by atoms with E-state index in [1.54, 1.807) is 42.1 Å². The summed E-state index contributed by atoms with van der Waals surface area (Å²) >= 11 is 16.4. The molecule has 0 aromatic heterocycles. The molecule has 3 heterocycles. The van der Waals surface area contributed by atoms with Crippen molar-refractivity contribution in [2.45, 2.75) is 99.5 Å². The Balaban J connectivity index is 0.000000147. The van der Waals surface area contributed by atoms with Crippen LogP contribution in [0.25, 0.3) is 0 Å². The van der Waals surface area contributed by atoms with Gasteiger partial charge in [-0.3, -0.25) is 0 Å². The Morgan fingerprint density at radius 1 is 0.424 bits per heavy atom. The van der Waals surface area contributed by atoms with Crippen molar-refractivity contribution < 1.29 is 22.0 Å². The lowest BCUT2D eigenvalue weighted by Gasteiger charge is -2.25. The van der Waals surface area contributed by atoms with Gasteiger partial charge in [0.2, 0.25) is 0 Å². The molecule has 0 saturated carbocycles. The Hall–Kier alpha value is -3.52. The molecule has 3 fully saturated rings. The highest BCUT2D eigenvalue weighted by atomic mass is 35.5. The first-order valence-corrected chi connectivity index (χ1v) is 25.6. The summed E-state index contributed by atoms with van der Waals surface area (Å²) < 4.78 is 68.2. The van der Waals surface area contributed by atoms with E-state index in [1.807, 2.05) is 18.2 Å². The minimum atomic E-state index is -0.368. The summed E-state index contributed by atoms with van der Waals surface area (Å²) in [5, 5.41) is 10.9. The zero-order chi connectivity index (χ0) is 46.6. The van der Waals surface area contributed by atoms with Gasteiger partial charge < -0.3 is 16.0 Å². The van der Waals surface area contributed by atoms with E-state index in [0.29, 0.717) is 32.7 Å². The first-order chi connectivity index (χ1) is 31.9. The summed E-state index contributed by atoms with van der Waals surface area (Å²) in [6, 6.07) is 30.1. The van der Waals surface area contributed by atoms with E-state index in [2.05, 4.69) is 48.0 Å². The van der Waals surface area contributed by atoms with E-state index in [9.17, 15) is 22.0 Å². The number of rotatable bonds is 9. The molecule has 0 atom stereocenters. The summed E-state index contributed by atoms with van der Waals surface area (Å²) in [5.74, 6) is -0.0849. The van der Waals surface area contributed by atoms with Gasteiger partial charge in [-0.1, -0.05) is 88.8 Å². The van der Waals surface area contributed by atoms with Gasteiger partial charge in [0.15, 0.2) is 0 Å². The fourth-order valence-electron chi connectivity index (χ4n) is 8.50. The van der Waals surface area contributed by atoms with Gasteiger partial charge in [-0.05, 0) is 216 Å². The maximum atomic E-state index is 13.9. The topological polar surface area (TPSA) is 36.1 Å². The van der Waals surface area contributed by atoms with Crippen molar-refractivity contribution in [3.63, 3.8) is 0 Å². The molecule has 3 aliphatic rings. The summed E-state index contributed by atoms with van der Waals surface area (Å²) in [6.07, 6.45) is 6.36. The van der Waals surface area contributed by atoms with E-state index in [-0.39, 0.29) is 29.1 Å². The molecule has 0 amide bonds. The van der Waals surface area contributed by atoms with Crippen molar-refractivity contribution in [3.8, 4) is 0 Å². The predicted octanol–water partition coefficient (Wildman–Crippen LogP) is 15.5. The average molecular weight is 995 g/mol. The van der Waals surface area contributed by atoms with Crippen LogP contribution in [0.4, 0.5) is 22.0 Å². The van der Waals surface area contributed by atoms with Crippen molar-refractivity contribution in [3.05, 3.63) is 176 Å². The van der Waals surface area contributed by atoms with Gasteiger partial charge in [0.25, 0.3) is 0 Å². The molecule has 9 rings (SSSR count). The second kappa shape index (κ2) is 24.7. The highest BCUT2D eigenvalue weighted by Gasteiger charge is 2.23. The lowest BCUT2D eigenvalue weighted by molar-refractivity contribution is 0.455. The molecule has 66 heavy (non-hydrogen) atoms. The molecule has 6 aromatic rings. The Morgan fingerprint density at radius 2 is 0.833 bits per heavy atom. The number of nitrogens with one attached hydrogen (secondary N) is 3. The molecule has 0 aliphatic carbocycles. The molecular weight excluding hydrogens is 941 g/mol. The highest BCUT2D eigenvalue weighted by molar-refractivity contribution is 8.00. The SMILES string of the molecule is Cc1cccc(Sc2cc(F)ccc2C2CCNCC2)c1C.Fc1ccc(C2CCNCC2)c(Sc2cc(Cl)ccc2F)c1.Fc1ccc(Sc2cc(F)ccc2C2CCNCC2)c(Cl)c1. The fourth-order valence-corrected chi connectivity index (χ4v) is 12.4. The van der Waals surface area contributed by atoms with Crippen LogP contribution in [0.1, 0.15) is 84.1 Å². The second-order valence-electron chi connectivity index (χ2n) is 16.8. The minimum Gasteiger partial charge on any atom is -0.317 e. The molecule has 3 N–H and O–H groups in total. The van der Waals surface area contributed by atoms with Crippen molar-refractivity contribution in [2.24, 2.45) is 0 Å². The van der Waals surface area contributed by atoms with Gasteiger partial charge in [0, 0.05) is 34.4 Å². The van der Waals surface area contributed by atoms with Gasteiger partial charge >= 0.3 is 0 Å². The van der Waals surface area contributed by atoms with Crippen molar-refractivity contribution in [1.29, 1.82) is 0 Å². The van der Waals surface area contributed by atoms with Gasteiger partial charge in [-0.2, -0.15) is 0 Å². The van der Waals surface area contributed by atoms with Crippen LogP contribution in [-0.2, 0) is 0 Å². The van der Waals surface area contributed by atoms with E-state index in [0.717, 1.165) is 109 Å². The Bertz CT molecular complexity index is 2500. The molecule has 0 unspecified atom stereocenters. The number of halogens is 7. The zero-order valence-corrected chi connectivity index (χ0v) is 40.9. The molecule has 3 aliphatic heterocycles. The third-order valence-corrected chi connectivity index (χ3v) is 16.4. The van der Waals surface area contributed by atoms with Gasteiger partial charge in [0.1, 0.15) is 29.1 Å². The van der Waals surface area contributed by atoms with Crippen LogP contribution < -0.4 is 16.0 Å². The first kappa shape index (κ1) is 50.4. The Labute approximate surface area is 408 Å². The molecule has 0 radical (unpaired) electrons. The van der Waals surface area contributed by atoms with Crippen LogP contribution in [0, 0.1) is 42.9 Å². The predicted molar refractivity (Wildman–Crippen MR) is 265 cm³/mol. The monoisotopic (exact) mass is 993 g/mol. The standard InChI is InChI=1S/C19H22FNS.2C17H16ClF2NS/c1-13-4-3-5-18(14(13)2)22-19-12-16(20)6-7-17(19)15-8-10-21-11-9-15;18-12-1-4-15(20)17(9-12)22-16-10-13(19)2-3-14(16)11-5-7-21-8-6-11;18-15-9-12(19)2-4-16(15)22-17-10-13(20)1-3-14(17)11-5-7-21-8-6-11/h3-7,12,15,21H,8-11H2,1-2H3;2*1-4,9-11,21H,5-8H2. The van der Waals surface area contributed by atoms with Gasteiger partial charge in [-0.15, -0.1) is 0 Å². The van der Waals surface area contributed by atoms with E-state index >= 15 is 0 Å². The Morgan fingerprint density at radius 3 is 1.29 bits per heavy atom. The van der Waals surface area contributed by atoms with Gasteiger partial charge in [-0.25, -0.2) is 22.0 Å². The summed E-state index contributed by atoms with van der Waals surface area (Å²) in [4.78, 5) is 5.09. The van der Waals surface area contributed by atoms with Crippen molar-refractivity contribution in [1.82, 2.24) is 16.0 Å². The number of hydrogen-bond donors (Lipinski definition) is 3. The third-order valence-electron chi connectivity index (χ3n) is 12.3. The normalized spacial score (nSPS) is 16.0. The Kier molecular flexibility index (Phi) is 18.8. The number of hydrogen-bond acceptors (Lipinski definition) is 6. The maximum absolute atomic E-state index is 13.9. The lowest BCUT2D eigenvalue weighted by atomic mass is 9.90.